The van der Waals surface area contributed by atoms with Crippen LogP contribution in [-0.2, 0) is 0 Å². The van der Waals surface area contributed by atoms with Crippen LogP contribution in [0.2, 0.25) is 0 Å². The van der Waals surface area contributed by atoms with Crippen LogP contribution in [0.15, 0.2) is 174 Å². The van der Waals surface area contributed by atoms with Crippen LogP contribution < -0.4 is 0 Å². The maximum absolute atomic E-state index is 6.62. The van der Waals surface area contributed by atoms with E-state index >= 15 is 0 Å². The Balaban J connectivity index is 1.16. The van der Waals surface area contributed by atoms with Gasteiger partial charge in [0.05, 0.1) is 0 Å². The van der Waals surface area contributed by atoms with Gasteiger partial charge in [-0.25, -0.2) is 0 Å². The molecule has 1 heterocycles. The molecule has 0 radical (unpaired) electrons. The molecular weight excluding hydrogens is 569 g/mol. The van der Waals surface area contributed by atoms with Crippen molar-refractivity contribution in [3.05, 3.63) is 170 Å². The predicted molar refractivity (Wildman–Crippen MR) is 200 cm³/mol. The highest BCUT2D eigenvalue weighted by Gasteiger charge is 2.18. The zero-order valence-corrected chi connectivity index (χ0v) is 25.6. The molecule has 0 aliphatic carbocycles. The largest absolute Gasteiger partial charge is 0.455 e. The molecule has 0 saturated heterocycles. The fourth-order valence-electron chi connectivity index (χ4n) is 7.61. The van der Waals surface area contributed by atoms with Crippen LogP contribution in [0.3, 0.4) is 0 Å². The van der Waals surface area contributed by atoms with Gasteiger partial charge in [0.2, 0.25) is 0 Å². The first-order valence-corrected chi connectivity index (χ1v) is 16.2. The van der Waals surface area contributed by atoms with Crippen molar-refractivity contribution < 1.29 is 4.42 Å². The van der Waals surface area contributed by atoms with Gasteiger partial charge in [0, 0.05) is 16.2 Å². The van der Waals surface area contributed by atoms with Crippen LogP contribution in [-0.4, -0.2) is 0 Å². The molecule has 10 aromatic rings. The molecule has 0 unspecified atom stereocenters. The van der Waals surface area contributed by atoms with E-state index in [1.54, 1.807) is 0 Å². The van der Waals surface area contributed by atoms with E-state index in [1.165, 1.54) is 65.5 Å². The quantitative estimate of drug-likeness (QED) is 0.185. The summed E-state index contributed by atoms with van der Waals surface area (Å²) < 4.78 is 6.62. The molecule has 218 valence electrons. The summed E-state index contributed by atoms with van der Waals surface area (Å²) in [6.07, 6.45) is 0. The van der Waals surface area contributed by atoms with Crippen molar-refractivity contribution in [3.8, 4) is 33.4 Å². The average molecular weight is 597 g/mol. The highest BCUT2D eigenvalue weighted by atomic mass is 16.3. The topological polar surface area (TPSA) is 13.1 Å². The number of fused-ring (bicyclic) bond motifs is 8. The van der Waals surface area contributed by atoms with Crippen LogP contribution in [0.4, 0.5) is 0 Å². The first kappa shape index (κ1) is 26.1. The third-order valence-corrected chi connectivity index (χ3v) is 9.84. The highest BCUT2D eigenvalue weighted by molar-refractivity contribution is 6.22. The second kappa shape index (κ2) is 10.2. The molecule has 0 spiro atoms. The Morgan fingerprint density at radius 2 is 0.766 bits per heavy atom. The third-order valence-electron chi connectivity index (χ3n) is 9.84. The van der Waals surface area contributed by atoms with Gasteiger partial charge in [-0.1, -0.05) is 146 Å². The Kier molecular flexibility index (Phi) is 5.64. The number of hydrogen-bond donors (Lipinski definition) is 0. The molecule has 0 N–H and O–H groups in total. The lowest BCUT2D eigenvalue weighted by Gasteiger charge is -2.18. The molecule has 0 aliphatic heterocycles. The Morgan fingerprint density at radius 3 is 1.47 bits per heavy atom. The first-order chi connectivity index (χ1) is 23.3. The van der Waals surface area contributed by atoms with Crippen molar-refractivity contribution in [2.45, 2.75) is 0 Å². The third kappa shape index (κ3) is 4.03. The second-order valence-corrected chi connectivity index (χ2v) is 12.5. The van der Waals surface area contributed by atoms with Crippen molar-refractivity contribution in [2.75, 3.05) is 0 Å². The van der Waals surface area contributed by atoms with E-state index in [2.05, 4.69) is 170 Å². The molecule has 10 rings (SSSR count). The van der Waals surface area contributed by atoms with Crippen LogP contribution in [0.5, 0.6) is 0 Å². The molecule has 1 heteroatoms. The lowest BCUT2D eigenvalue weighted by Crippen LogP contribution is -1.91. The maximum atomic E-state index is 6.62. The zero-order chi connectivity index (χ0) is 30.9. The average Bonchev–Trinajstić information content (AvgIpc) is 3.52. The van der Waals surface area contributed by atoms with E-state index in [1.807, 2.05) is 0 Å². The monoisotopic (exact) mass is 596 g/mol. The van der Waals surface area contributed by atoms with Crippen molar-refractivity contribution in [3.63, 3.8) is 0 Å². The van der Waals surface area contributed by atoms with Crippen molar-refractivity contribution >= 4 is 65.0 Å². The predicted octanol–water partition coefficient (Wildman–Crippen LogP) is 13.2. The zero-order valence-electron chi connectivity index (χ0n) is 25.6. The minimum atomic E-state index is 0.912. The number of hydrogen-bond acceptors (Lipinski definition) is 1. The summed E-state index contributed by atoms with van der Waals surface area (Å²) in [4.78, 5) is 0. The highest BCUT2D eigenvalue weighted by Crippen LogP contribution is 2.45. The summed E-state index contributed by atoms with van der Waals surface area (Å²) in [5.41, 5.74) is 9.19. The van der Waals surface area contributed by atoms with Crippen LogP contribution in [0.1, 0.15) is 0 Å². The Morgan fingerprint density at radius 1 is 0.277 bits per heavy atom. The SMILES string of the molecule is c1ccc2cc(-c3ccc(-c4c5ccccc5c(-c5ccc6c(c5)oc5c7ccccc7ccc65)c5ccccc45)cc3)ccc2c1. The minimum Gasteiger partial charge on any atom is -0.455 e. The van der Waals surface area contributed by atoms with E-state index < -0.39 is 0 Å². The molecule has 0 bridgehead atoms. The van der Waals surface area contributed by atoms with E-state index in [0.717, 1.165) is 32.9 Å². The van der Waals surface area contributed by atoms with Crippen LogP contribution in [0.25, 0.3) is 98.4 Å². The lowest BCUT2D eigenvalue weighted by atomic mass is 9.85. The van der Waals surface area contributed by atoms with E-state index in [0.29, 0.717) is 0 Å². The van der Waals surface area contributed by atoms with Crippen molar-refractivity contribution in [2.24, 2.45) is 0 Å². The van der Waals surface area contributed by atoms with Gasteiger partial charge in [-0.2, -0.15) is 0 Å². The summed E-state index contributed by atoms with van der Waals surface area (Å²) >= 11 is 0. The summed E-state index contributed by atoms with van der Waals surface area (Å²) in [5.74, 6) is 0. The van der Waals surface area contributed by atoms with Crippen LogP contribution in [0, 0.1) is 0 Å². The van der Waals surface area contributed by atoms with Gasteiger partial charge in [0.25, 0.3) is 0 Å². The molecule has 47 heavy (non-hydrogen) atoms. The van der Waals surface area contributed by atoms with Crippen molar-refractivity contribution in [1.29, 1.82) is 0 Å². The Bertz CT molecular complexity index is 2780. The van der Waals surface area contributed by atoms with E-state index in [4.69, 9.17) is 4.42 Å². The Hall–Kier alpha value is -6.18. The van der Waals surface area contributed by atoms with Gasteiger partial charge < -0.3 is 4.42 Å². The second-order valence-electron chi connectivity index (χ2n) is 12.5. The van der Waals surface area contributed by atoms with Gasteiger partial charge in [0.1, 0.15) is 11.2 Å². The summed E-state index contributed by atoms with van der Waals surface area (Å²) in [6, 6.07) is 61.6. The molecule has 0 atom stereocenters. The van der Waals surface area contributed by atoms with E-state index in [-0.39, 0.29) is 0 Å². The molecule has 0 amide bonds. The molecule has 0 saturated carbocycles. The number of furan rings is 1. The summed E-state index contributed by atoms with van der Waals surface area (Å²) in [6.45, 7) is 0. The standard InChI is InChI=1S/C46H28O/c1-2-11-33-27-34(22-19-29(33)9-1)30-17-20-32(21-18-30)44-38-13-5-7-15-40(38)45(41-16-8-6-14-39(41)44)35-24-25-37-42-26-23-31-10-3-4-12-36(31)46(42)47-43(37)28-35/h1-28H. The molecule has 0 aliphatic rings. The number of benzene rings is 9. The summed E-state index contributed by atoms with van der Waals surface area (Å²) in [7, 11) is 0. The molecule has 0 fully saturated rings. The Labute approximate surface area is 271 Å². The van der Waals surface area contributed by atoms with Crippen LogP contribution >= 0.6 is 0 Å². The fourth-order valence-corrected chi connectivity index (χ4v) is 7.61. The summed E-state index contributed by atoms with van der Waals surface area (Å²) in [5, 5.41) is 12.1. The van der Waals surface area contributed by atoms with Gasteiger partial charge in [-0.3, -0.25) is 0 Å². The van der Waals surface area contributed by atoms with Crippen molar-refractivity contribution in [1.82, 2.24) is 0 Å². The molecule has 9 aromatic carbocycles. The maximum Gasteiger partial charge on any atom is 0.143 e. The minimum absolute atomic E-state index is 0.912. The lowest BCUT2D eigenvalue weighted by molar-refractivity contribution is 0.673. The van der Waals surface area contributed by atoms with Gasteiger partial charge in [0.15, 0.2) is 0 Å². The smallest absolute Gasteiger partial charge is 0.143 e. The van der Waals surface area contributed by atoms with Gasteiger partial charge >= 0.3 is 0 Å². The number of rotatable bonds is 3. The molecular formula is C46H28O. The fraction of sp³-hybridized carbons (Fsp3) is 0. The normalized spacial score (nSPS) is 11.8. The molecule has 1 nitrogen and oxygen atoms in total. The van der Waals surface area contributed by atoms with Gasteiger partial charge in [-0.05, 0) is 95.3 Å². The van der Waals surface area contributed by atoms with Gasteiger partial charge in [-0.15, -0.1) is 0 Å². The first-order valence-electron chi connectivity index (χ1n) is 16.2. The molecule has 1 aromatic heterocycles. The van der Waals surface area contributed by atoms with E-state index in [9.17, 15) is 0 Å².